The van der Waals surface area contributed by atoms with E-state index >= 15 is 0 Å². The predicted molar refractivity (Wildman–Crippen MR) is 83.7 cm³/mol. The molecule has 0 aliphatic heterocycles. The quantitative estimate of drug-likeness (QED) is 0.740. The Hall–Kier alpha value is -2.53. The molecule has 0 spiro atoms. The summed E-state index contributed by atoms with van der Waals surface area (Å²) in [5.74, 6) is -0.565. The average Bonchev–Trinajstić information content (AvgIpc) is 2.88. The standard InChI is InChI=1S/C16H11FN2OS/c17-12-8-5-11(6-9-12)7-10-15(20)19-16-18-13-3-1-2-4-14(13)21-16/h1-10H,(H,18,19,20). The van der Waals surface area contributed by atoms with Crippen LogP contribution in [0.15, 0.2) is 54.6 Å². The number of fused-ring (bicyclic) bond motifs is 1. The van der Waals surface area contributed by atoms with Crippen LogP contribution >= 0.6 is 11.3 Å². The number of anilines is 1. The molecular formula is C16H11FN2OS. The number of aromatic nitrogens is 1. The summed E-state index contributed by atoms with van der Waals surface area (Å²) in [4.78, 5) is 16.1. The van der Waals surface area contributed by atoms with Gasteiger partial charge in [-0.15, -0.1) is 0 Å². The van der Waals surface area contributed by atoms with E-state index in [4.69, 9.17) is 0 Å². The van der Waals surface area contributed by atoms with E-state index in [1.807, 2.05) is 24.3 Å². The topological polar surface area (TPSA) is 42.0 Å². The number of hydrogen-bond acceptors (Lipinski definition) is 3. The maximum absolute atomic E-state index is 12.8. The molecule has 2 aromatic carbocycles. The van der Waals surface area contributed by atoms with Gasteiger partial charge in [-0.25, -0.2) is 9.37 Å². The lowest BCUT2D eigenvalue weighted by atomic mass is 10.2. The highest BCUT2D eigenvalue weighted by molar-refractivity contribution is 7.22. The van der Waals surface area contributed by atoms with Gasteiger partial charge < -0.3 is 0 Å². The summed E-state index contributed by atoms with van der Waals surface area (Å²) < 4.78 is 13.8. The highest BCUT2D eigenvalue weighted by Crippen LogP contribution is 2.25. The van der Waals surface area contributed by atoms with Crippen LogP contribution in [0.3, 0.4) is 0 Å². The van der Waals surface area contributed by atoms with Gasteiger partial charge in [0.05, 0.1) is 10.2 Å². The van der Waals surface area contributed by atoms with Crippen LogP contribution in [0.2, 0.25) is 0 Å². The van der Waals surface area contributed by atoms with E-state index in [0.29, 0.717) is 5.13 Å². The van der Waals surface area contributed by atoms with Gasteiger partial charge in [0.25, 0.3) is 0 Å². The van der Waals surface area contributed by atoms with Gasteiger partial charge in [-0.3, -0.25) is 10.1 Å². The van der Waals surface area contributed by atoms with Crippen molar-refractivity contribution in [2.45, 2.75) is 0 Å². The maximum atomic E-state index is 12.8. The van der Waals surface area contributed by atoms with Crippen molar-refractivity contribution in [1.29, 1.82) is 0 Å². The van der Waals surface area contributed by atoms with E-state index in [-0.39, 0.29) is 11.7 Å². The van der Waals surface area contributed by atoms with Crippen molar-refractivity contribution in [3.63, 3.8) is 0 Å². The normalized spacial score (nSPS) is 11.1. The first kappa shape index (κ1) is 13.5. The lowest BCUT2D eigenvalue weighted by Gasteiger charge is -1.96. The smallest absolute Gasteiger partial charge is 0.250 e. The number of amides is 1. The fourth-order valence-electron chi connectivity index (χ4n) is 1.82. The molecule has 1 amide bonds. The number of carbonyl (C=O) groups is 1. The first-order valence-corrected chi connectivity index (χ1v) is 7.12. The molecule has 3 nitrogen and oxygen atoms in total. The molecule has 1 aromatic heterocycles. The minimum atomic E-state index is -0.300. The van der Waals surface area contributed by atoms with Crippen molar-refractivity contribution >= 4 is 38.7 Å². The molecule has 0 saturated heterocycles. The third-order valence-electron chi connectivity index (χ3n) is 2.82. The first-order valence-electron chi connectivity index (χ1n) is 6.31. The van der Waals surface area contributed by atoms with Crippen molar-refractivity contribution in [1.82, 2.24) is 4.98 Å². The summed E-state index contributed by atoms with van der Waals surface area (Å²) in [6, 6.07) is 13.6. The van der Waals surface area contributed by atoms with Crippen molar-refractivity contribution in [3.05, 3.63) is 66.0 Å². The predicted octanol–water partition coefficient (Wildman–Crippen LogP) is 4.09. The second-order valence-corrected chi connectivity index (χ2v) is 5.39. The van der Waals surface area contributed by atoms with E-state index < -0.39 is 0 Å². The SMILES string of the molecule is O=C(C=Cc1ccc(F)cc1)Nc1nc2ccccc2s1. The van der Waals surface area contributed by atoms with Crippen molar-refractivity contribution in [3.8, 4) is 0 Å². The Morgan fingerprint density at radius 2 is 1.90 bits per heavy atom. The summed E-state index contributed by atoms with van der Waals surface area (Å²) in [5.41, 5.74) is 1.62. The van der Waals surface area contributed by atoms with Gasteiger partial charge in [-0.05, 0) is 35.9 Å². The zero-order chi connectivity index (χ0) is 14.7. The summed E-state index contributed by atoms with van der Waals surface area (Å²) in [6.45, 7) is 0. The number of carbonyl (C=O) groups excluding carboxylic acids is 1. The summed E-state index contributed by atoms with van der Waals surface area (Å²) in [5, 5.41) is 3.28. The number of nitrogens with zero attached hydrogens (tertiary/aromatic N) is 1. The molecule has 3 aromatic rings. The Morgan fingerprint density at radius 1 is 1.14 bits per heavy atom. The third-order valence-corrected chi connectivity index (χ3v) is 3.77. The molecule has 0 atom stereocenters. The Kier molecular flexibility index (Phi) is 3.75. The van der Waals surface area contributed by atoms with Gasteiger partial charge in [-0.1, -0.05) is 35.6 Å². The monoisotopic (exact) mass is 298 g/mol. The van der Waals surface area contributed by atoms with Crippen molar-refractivity contribution < 1.29 is 9.18 Å². The molecule has 0 aliphatic carbocycles. The summed E-state index contributed by atoms with van der Waals surface area (Å²) in [6.07, 6.45) is 3.03. The van der Waals surface area contributed by atoms with Gasteiger partial charge in [0, 0.05) is 6.08 Å². The van der Waals surface area contributed by atoms with Gasteiger partial charge in [0.15, 0.2) is 5.13 Å². The second kappa shape index (κ2) is 5.85. The molecule has 0 saturated carbocycles. The largest absolute Gasteiger partial charge is 0.298 e. The Morgan fingerprint density at radius 3 is 2.67 bits per heavy atom. The highest BCUT2D eigenvalue weighted by atomic mass is 32.1. The molecule has 1 heterocycles. The zero-order valence-corrected chi connectivity index (χ0v) is 11.7. The van der Waals surface area contributed by atoms with E-state index in [0.717, 1.165) is 15.8 Å². The number of benzene rings is 2. The number of rotatable bonds is 3. The minimum absolute atomic E-state index is 0.265. The molecule has 1 N–H and O–H groups in total. The van der Waals surface area contributed by atoms with E-state index in [9.17, 15) is 9.18 Å². The lowest BCUT2D eigenvalue weighted by Crippen LogP contribution is -2.07. The fourth-order valence-corrected chi connectivity index (χ4v) is 2.69. The van der Waals surface area contributed by atoms with Crippen LogP contribution in [0, 0.1) is 5.82 Å². The molecule has 5 heteroatoms. The van der Waals surface area contributed by atoms with Crippen molar-refractivity contribution in [2.24, 2.45) is 0 Å². The number of thiazole rings is 1. The molecule has 0 aliphatic rings. The van der Waals surface area contributed by atoms with Gasteiger partial charge in [0.1, 0.15) is 5.82 Å². The van der Waals surface area contributed by atoms with E-state index in [1.165, 1.54) is 29.5 Å². The maximum Gasteiger partial charge on any atom is 0.250 e. The third kappa shape index (κ3) is 3.32. The van der Waals surface area contributed by atoms with Crippen LogP contribution < -0.4 is 5.32 Å². The van der Waals surface area contributed by atoms with Crippen LogP contribution in [-0.4, -0.2) is 10.9 Å². The van der Waals surface area contributed by atoms with Crippen LogP contribution in [0.25, 0.3) is 16.3 Å². The second-order valence-electron chi connectivity index (χ2n) is 4.36. The molecule has 104 valence electrons. The molecule has 21 heavy (non-hydrogen) atoms. The van der Waals surface area contributed by atoms with Crippen LogP contribution in [0.4, 0.5) is 9.52 Å². The fraction of sp³-hybridized carbons (Fsp3) is 0. The zero-order valence-electron chi connectivity index (χ0n) is 10.9. The van der Waals surface area contributed by atoms with E-state index in [1.54, 1.807) is 18.2 Å². The number of para-hydroxylation sites is 1. The molecule has 3 rings (SSSR count). The summed E-state index contributed by atoms with van der Waals surface area (Å²) >= 11 is 1.42. The van der Waals surface area contributed by atoms with Crippen LogP contribution in [0.5, 0.6) is 0 Å². The number of halogens is 1. The molecule has 0 radical (unpaired) electrons. The molecule has 0 bridgehead atoms. The van der Waals surface area contributed by atoms with Crippen LogP contribution in [-0.2, 0) is 4.79 Å². The average molecular weight is 298 g/mol. The number of nitrogens with one attached hydrogen (secondary N) is 1. The van der Waals surface area contributed by atoms with Gasteiger partial charge in [-0.2, -0.15) is 0 Å². The minimum Gasteiger partial charge on any atom is -0.298 e. The highest BCUT2D eigenvalue weighted by Gasteiger charge is 2.04. The Labute approximate surface area is 124 Å². The first-order chi connectivity index (χ1) is 10.2. The Bertz CT molecular complexity index is 776. The molecule has 0 unspecified atom stereocenters. The van der Waals surface area contributed by atoms with Gasteiger partial charge >= 0.3 is 0 Å². The lowest BCUT2D eigenvalue weighted by molar-refractivity contribution is -0.111. The van der Waals surface area contributed by atoms with Crippen LogP contribution in [0.1, 0.15) is 5.56 Å². The molecule has 0 fully saturated rings. The Balaban J connectivity index is 1.69. The number of hydrogen-bond donors (Lipinski definition) is 1. The van der Waals surface area contributed by atoms with E-state index in [2.05, 4.69) is 10.3 Å². The summed E-state index contributed by atoms with van der Waals surface area (Å²) in [7, 11) is 0. The molecular weight excluding hydrogens is 287 g/mol. The van der Waals surface area contributed by atoms with Gasteiger partial charge in [0.2, 0.25) is 5.91 Å². The van der Waals surface area contributed by atoms with Crippen molar-refractivity contribution in [2.75, 3.05) is 5.32 Å².